The van der Waals surface area contributed by atoms with Gasteiger partial charge >= 0.3 is 5.97 Å². The third-order valence-electron chi connectivity index (χ3n) is 4.75. The van der Waals surface area contributed by atoms with Crippen LogP contribution in [-0.4, -0.2) is 35.4 Å². The first-order valence-corrected chi connectivity index (χ1v) is 8.57. The van der Waals surface area contributed by atoms with Crippen molar-refractivity contribution >= 4 is 5.97 Å². The standard InChI is InChI=1S/C18H25NO4/c20-18(21)7-4-10-19(15-5-2-1-3-6-15)12-14-8-9-16-17(11-14)23-13-22-16/h8-9,11,15H,1-7,10,12-13H2,(H,20,21). The average Bonchev–Trinajstić information content (AvgIpc) is 3.02. The first-order valence-electron chi connectivity index (χ1n) is 8.57. The molecule has 0 unspecified atom stereocenters. The van der Waals surface area contributed by atoms with Crippen molar-refractivity contribution in [3.05, 3.63) is 23.8 Å². The molecule has 1 aromatic carbocycles. The molecule has 1 heterocycles. The van der Waals surface area contributed by atoms with Crippen LogP contribution in [0.15, 0.2) is 18.2 Å². The van der Waals surface area contributed by atoms with Gasteiger partial charge in [0.2, 0.25) is 6.79 Å². The van der Waals surface area contributed by atoms with Gasteiger partial charge in [0.05, 0.1) is 0 Å². The highest BCUT2D eigenvalue weighted by Gasteiger charge is 2.22. The van der Waals surface area contributed by atoms with E-state index in [9.17, 15) is 4.79 Å². The topological polar surface area (TPSA) is 59.0 Å². The minimum absolute atomic E-state index is 0.240. The van der Waals surface area contributed by atoms with E-state index in [-0.39, 0.29) is 6.42 Å². The smallest absolute Gasteiger partial charge is 0.303 e. The zero-order valence-electron chi connectivity index (χ0n) is 13.5. The SMILES string of the molecule is O=C(O)CCCN(Cc1ccc2c(c1)OCO2)C1CCCCC1. The molecule has 0 aromatic heterocycles. The summed E-state index contributed by atoms with van der Waals surface area (Å²) in [7, 11) is 0. The van der Waals surface area contributed by atoms with E-state index >= 15 is 0 Å². The summed E-state index contributed by atoms with van der Waals surface area (Å²) in [6.45, 7) is 1.98. The van der Waals surface area contributed by atoms with Gasteiger partial charge in [0.1, 0.15) is 0 Å². The summed E-state index contributed by atoms with van der Waals surface area (Å²) in [5.41, 5.74) is 1.20. The number of ether oxygens (including phenoxy) is 2. The maximum Gasteiger partial charge on any atom is 0.303 e. The first-order chi connectivity index (χ1) is 11.2. The Labute approximate surface area is 137 Å². The number of nitrogens with zero attached hydrogens (tertiary/aromatic N) is 1. The molecule has 1 fully saturated rings. The van der Waals surface area contributed by atoms with E-state index in [4.69, 9.17) is 14.6 Å². The van der Waals surface area contributed by atoms with Crippen LogP contribution in [0.3, 0.4) is 0 Å². The van der Waals surface area contributed by atoms with Crippen molar-refractivity contribution in [1.82, 2.24) is 4.90 Å². The van der Waals surface area contributed by atoms with Crippen LogP contribution in [0.1, 0.15) is 50.5 Å². The number of carbonyl (C=O) groups is 1. The lowest BCUT2D eigenvalue weighted by Gasteiger charge is -2.34. The maximum atomic E-state index is 10.8. The molecule has 0 radical (unpaired) electrons. The normalized spacial score (nSPS) is 17.6. The molecule has 23 heavy (non-hydrogen) atoms. The van der Waals surface area contributed by atoms with Gasteiger partial charge in [0.25, 0.3) is 0 Å². The second-order valence-corrected chi connectivity index (χ2v) is 6.45. The number of hydrogen-bond donors (Lipinski definition) is 1. The molecular formula is C18H25NO4. The molecule has 1 saturated carbocycles. The van der Waals surface area contributed by atoms with Crippen LogP contribution in [0.2, 0.25) is 0 Å². The number of carboxylic acids is 1. The van der Waals surface area contributed by atoms with Gasteiger partial charge in [0, 0.05) is 19.0 Å². The fourth-order valence-electron chi connectivity index (χ4n) is 3.54. The molecule has 2 aliphatic rings. The quantitative estimate of drug-likeness (QED) is 0.834. The van der Waals surface area contributed by atoms with Gasteiger partial charge in [-0.3, -0.25) is 9.69 Å². The summed E-state index contributed by atoms with van der Waals surface area (Å²) >= 11 is 0. The van der Waals surface area contributed by atoms with E-state index in [1.54, 1.807) is 0 Å². The van der Waals surface area contributed by atoms with Crippen LogP contribution >= 0.6 is 0 Å². The molecule has 126 valence electrons. The Hall–Kier alpha value is -1.75. The van der Waals surface area contributed by atoms with Gasteiger partial charge in [0.15, 0.2) is 11.5 Å². The summed E-state index contributed by atoms with van der Waals surface area (Å²) in [6, 6.07) is 6.67. The summed E-state index contributed by atoms with van der Waals surface area (Å²) in [5, 5.41) is 8.88. The van der Waals surface area contributed by atoms with Gasteiger partial charge in [-0.2, -0.15) is 0 Å². The predicted molar refractivity (Wildman–Crippen MR) is 86.7 cm³/mol. The van der Waals surface area contributed by atoms with Crippen molar-refractivity contribution < 1.29 is 19.4 Å². The second-order valence-electron chi connectivity index (χ2n) is 6.45. The highest BCUT2D eigenvalue weighted by atomic mass is 16.7. The molecule has 1 aliphatic heterocycles. The van der Waals surface area contributed by atoms with E-state index in [2.05, 4.69) is 17.0 Å². The third kappa shape index (κ3) is 4.38. The van der Waals surface area contributed by atoms with Gasteiger partial charge in [-0.05, 0) is 43.5 Å². The van der Waals surface area contributed by atoms with E-state index in [0.29, 0.717) is 19.3 Å². The average molecular weight is 319 g/mol. The van der Waals surface area contributed by atoms with Gasteiger partial charge in [-0.25, -0.2) is 0 Å². The first kappa shape index (κ1) is 16.1. The summed E-state index contributed by atoms with van der Waals surface area (Å²) < 4.78 is 10.8. The molecule has 0 bridgehead atoms. The minimum Gasteiger partial charge on any atom is -0.481 e. The van der Waals surface area contributed by atoms with Crippen molar-refractivity contribution in [1.29, 1.82) is 0 Å². The van der Waals surface area contributed by atoms with Crippen LogP contribution in [0.4, 0.5) is 0 Å². The van der Waals surface area contributed by atoms with Crippen LogP contribution < -0.4 is 9.47 Å². The minimum atomic E-state index is -0.711. The molecular weight excluding hydrogens is 294 g/mol. The number of aliphatic carboxylic acids is 1. The Bertz CT molecular complexity index is 540. The van der Waals surface area contributed by atoms with E-state index in [1.165, 1.54) is 37.7 Å². The van der Waals surface area contributed by atoms with Gasteiger partial charge in [-0.1, -0.05) is 25.3 Å². The number of carboxylic acid groups (broad SMARTS) is 1. The predicted octanol–water partition coefficient (Wildman–Crippen LogP) is 3.41. The number of benzene rings is 1. The van der Waals surface area contributed by atoms with Crippen molar-refractivity contribution in [2.45, 2.75) is 57.5 Å². The Kier molecular flexibility index (Phi) is 5.39. The second kappa shape index (κ2) is 7.68. The van der Waals surface area contributed by atoms with Crippen molar-refractivity contribution in [2.24, 2.45) is 0 Å². The molecule has 5 heteroatoms. The summed E-state index contributed by atoms with van der Waals surface area (Å²) in [5.74, 6) is 0.914. The number of hydrogen-bond acceptors (Lipinski definition) is 4. The summed E-state index contributed by atoms with van der Waals surface area (Å²) in [4.78, 5) is 13.3. The maximum absolute atomic E-state index is 10.8. The lowest BCUT2D eigenvalue weighted by Crippen LogP contribution is -2.37. The molecule has 0 saturated heterocycles. The van der Waals surface area contributed by atoms with E-state index in [0.717, 1.165) is 24.6 Å². The number of fused-ring (bicyclic) bond motifs is 1. The van der Waals surface area contributed by atoms with Crippen molar-refractivity contribution in [3.63, 3.8) is 0 Å². The van der Waals surface area contributed by atoms with Crippen molar-refractivity contribution in [2.75, 3.05) is 13.3 Å². The molecule has 0 spiro atoms. The van der Waals surface area contributed by atoms with Gasteiger partial charge < -0.3 is 14.6 Å². The molecule has 1 aliphatic carbocycles. The fraction of sp³-hybridized carbons (Fsp3) is 0.611. The summed E-state index contributed by atoms with van der Waals surface area (Å²) in [6.07, 6.45) is 7.27. The van der Waals surface area contributed by atoms with Crippen LogP contribution in [0.25, 0.3) is 0 Å². The van der Waals surface area contributed by atoms with Crippen LogP contribution in [-0.2, 0) is 11.3 Å². The fourth-order valence-corrected chi connectivity index (χ4v) is 3.54. The van der Waals surface area contributed by atoms with E-state index in [1.807, 2.05) is 6.07 Å². The number of rotatable bonds is 7. The Balaban J connectivity index is 1.65. The van der Waals surface area contributed by atoms with Crippen LogP contribution in [0, 0.1) is 0 Å². The van der Waals surface area contributed by atoms with Gasteiger partial charge in [-0.15, -0.1) is 0 Å². The molecule has 0 atom stereocenters. The largest absolute Gasteiger partial charge is 0.481 e. The molecule has 0 amide bonds. The molecule has 5 nitrogen and oxygen atoms in total. The third-order valence-corrected chi connectivity index (χ3v) is 4.75. The Morgan fingerprint density at radius 3 is 2.74 bits per heavy atom. The van der Waals surface area contributed by atoms with Crippen LogP contribution in [0.5, 0.6) is 11.5 Å². The molecule has 1 aromatic rings. The lowest BCUT2D eigenvalue weighted by atomic mass is 9.93. The Morgan fingerprint density at radius 1 is 1.17 bits per heavy atom. The highest BCUT2D eigenvalue weighted by molar-refractivity contribution is 5.66. The monoisotopic (exact) mass is 319 g/mol. The lowest BCUT2D eigenvalue weighted by molar-refractivity contribution is -0.137. The highest BCUT2D eigenvalue weighted by Crippen LogP contribution is 2.33. The molecule has 1 N–H and O–H groups in total. The zero-order chi connectivity index (χ0) is 16.1. The zero-order valence-corrected chi connectivity index (χ0v) is 13.5. The van der Waals surface area contributed by atoms with E-state index < -0.39 is 5.97 Å². The van der Waals surface area contributed by atoms with Crippen molar-refractivity contribution in [3.8, 4) is 11.5 Å². The Morgan fingerprint density at radius 2 is 1.96 bits per heavy atom. The molecule has 3 rings (SSSR count).